The minimum absolute atomic E-state index is 0.605. The molecular formula is C15H17F3OSi. The largest absolute Gasteiger partial charge is 0.474 e. The molecule has 0 atom stereocenters. The average molecular weight is 298 g/mol. The topological polar surface area (TPSA) is 13.1 Å². The minimum atomic E-state index is -4.28. The second kappa shape index (κ2) is 5.13. The third kappa shape index (κ3) is 3.33. The van der Waals surface area contributed by atoms with E-state index >= 15 is 0 Å². The third-order valence-corrected chi connectivity index (χ3v) is 4.91. The second-order valence-corrected chi connectivity index (χ2v) is 10.9. The Morgan fingerprint density at radius 2 is 1.60 bits per heavy atom. The molecule has 20 heavy (non-hydrogen) atoms. The van der Waals surface area contributed by atoms with Crippen LogP contribution in [0, 0.1) is 0 Å². The van der Waals surface area contributed by atoms with E-state index in [4.69, 9.17) is 4.42 Å². The summed E-state index contributed by atoms with van der Waals surface area (Å²) < 4.78 is 43.1. The summed E-state index contributed by atoms with van der Waals surface area (Å²) in [6.07, 6.45) is -2.01. The van der Waals surface area contributed by atoms with Crippen molar-refractivity contribution < 1.29 is 17.6 Å². The minimum Gasteiger partial charge on any atom is -0.474 e. The van der Waals surface area contributed by atoms with Crippen molar-refractivity contribution in [2.75, 3.05) is 0 Å². The second-order valence-electron chi connectivity index (χ2n) is 5.90. The molecule has 0 aliphatic carbocycles. The summed E-state index contributed by atoms with van der Waals surface area (Å²) in [6.45, 7) is 6.55. The summed E-state index contributed by atoms with van der Waals surface area (Å²) >= 11 is 0. The molecule has 0 aliphatic rings. The number of furan rings is 1. The Morgan fingerprint density at radius 1 is 1.00 bits per heavy atom. The molecule has 5 heteroatoms. The van der Waals surface area contributed by atoms with Crippen LogP contribution in [0.25, 0.3) is 0 Å². The van der Waals surface area contributed by atoms with Gasteiger partial charge in [-0.25, -0.2) is 0 Å². The Bertz CT molecular complexity index is 576. The Balaban J connectivity index is 2.22. The van der Waals surface area contributed by atoms with Crippen LogP contribution in [0.1, 0.15) is 16.7 Å². The highest BCUT2D eigenvalue weighted by atomic mass is 28.3. The smallest absolute Gasteiger partial charge is 0.416 e. The van der Waals surface area contributed by atoms with Crippen LogP contribution in [-0.2, 0) is 12.6 Å². The molecule has 2 aromatic rings. The summed E-state index contributed by atoms with van der Waals surface area (Å²) in [5, 5.41) is 1.01. The van der Waals surface area contributed by atoms with Gasteiger partial charge in [0.05, 0.1) is 17.2 Å². The third-order valence-electron chi connectivity index (χ3n) is 3.10. The van der Waals surface area contributed by atoms with Gasteiger partial charge in [-0.05, 0) is 29.3 Å². The number of benzene rings is 1. The molecule has 1 aromatic heterocycles. The van der Waals surface area contributed by atoms with Crippen LogP contribution in [0.4, 0.5) is 13.2 Å². The molecule has 108 valence electrons. The molecule has 1 nitrogen and oxygen atoms in total. The summed E-state index contributed by atoms with van der Waals surface area (Å²) in [5.74, 6) is 0. The molecule has 0 saturated heterocycles. The lowest BCUT2D eigenvalue weighted by atomic mass is 10.1. The maximum atomic E-state index is 12.5. The molecule has 2 rings (SSSR count). The van der Waals surface area contributed by atoms with Gasteiger partial charge < -0.3 is 4.42 Å². The lowest BCUT2D eigenvalue weighted by Gasteiger charge is -2.15. The van der Waals surface area contributed by atoms with E-state index in [0.717, 1.165) is 28.6 Å². The van der Waals surface area contributed by atoms with Gasteiger partial charge in [0.15, 0.2) is 0 Å². The van der Waals surface area contributed by atoms with Crippen molar-refractivity contribution in [1.29, 1.82) is 0 Å². The standard InChI is InChI=1S/C15H17F3OSi/c1-20(2,3)14-12(8-9-19-14)10-11-4-6-13(7-5-11)15(16,17)18/h4-9H,10H2,1-3H3. The monoisotopic (exact) mass is 298 g/mol. The van der Waals surface area contributed by atoms with Crippen LogP contribution >= 0.6 is 0 Å². The van der Waals surface area contributed by atoms with E-state index in [1.54, 1.807) is 6.26 Å². The molecule has 0 amide bonds. The van der Waals surface area contributed by atoms with E-state index in [0.29, 0.717) is 6.42 Å². The van der Waals surface area contributed by atoms with Crippen LogP contribution in [0.3, 0.4) is 0 Å². The molecular weight excluding hydrogens is 281 g/mol. The van der Waals surface area contributed by atoms with Crippen LogP contribution in [0.5, 0.6) is 0 Å². The van der Waals surface area contributed by atoms with Gasteiger partial charge in [-0.3, -0.25) is 0 Å². The van der Waals surface area contributed by atoms with Crippen molar-refractivity contribution in [3.05, 3.63) is 53.3 Å². The molecule has 0 saturated carbocycles. The Hall–Kier alpha value is -1.49. The van der Waals surface area contributed by atoms with Crippen molar-refractivity contribution in [2.24, 2.45) is 0 Å². The number of hydrogen-bond donors (Lipinski definition) is 0. The van der Waals surface area contributed by atoms with Crippen LogP contribution in [0.15, 0.2) is 41.0 Å². The zero-order chi connectivity index (χ0) is 15.0. The molecule has 0 fully saturated rings. The lowest BCUT2D eigenvalue weighted by Crippen LogP contribution is -2.38. The fraction of sp³-hybridized carbons (Fsp3) is 0.333. The molecule has 1 heterocycles. The first-order valence-corrected chi connectivity index (χ1v) is 9.91. The van der Waals surface area contributed by atoms with Gasteiger partial charge in [0, 0.05) is 6.42 Å². The maximum absolute atomic E-state index is 12.5. The van der Waals surface area contributed by atoms with Gasteiger partial charge in [-0.1, -0.05) is 31.8 Å². The highest BCUT2D eigenvalue weighted by Crippen LogP contribution is 2.29. The van der Waals surface area contributed by atoms with Gasteiger partial charge in [-0.2, -0.15) is 13.2 Å². The molecule has 0 N–H and O–H groups in total. The SMILES string of the molecule is C[Si](C)(C)c1occc1Cc1ccc(C(F)(F)F)cc1. The summed E-state index contributed by atoms with van der Waals surface area (Å²) in [5.41, 5.74) is 1.32. The van der Waals surface area contributed by atoms with Crippen LogP contribution in [0.2, 0.25) is 19.6 Å². The van der Waals surface area contributed by atoms with E-state index in [-0.39, 0.29) is 0 Å². The predicted octanol–water partition coefficient (Wildman–Crippen LogP) is 4.43. The van der Waals surface area contributed by atoms with Crippen molar-refractivity contribution in [3.8, 4) is 0 Å². The van der Waals surface area contributed by atoms with E-state index in [9.17, 15) is 13.2 Å². The zero-order valence-corrected chi connectivity index (χ0v) is 12.7. The first-order valence-electron chi connectivity index (χ1n) is 6.41. The zero-order valence-electron chi connectivity index (χ0n) is 11.7. The van der Waals surface area contributed by atoms with Gasteiger partial charge in [0.2, 0.25) is 0 Å². The summed E-state index contributed by atoms with van der Waals surface area (Å²) in [4.78, 5) is 0. The normalized spacial score (nSPS) is 12.7. The van der Waals surface area contributed by atoms with Gasteiger partial charge in [-0.15, -0.1) is 0 Å². The van der Waals surface area contributed by atoms with Gasteiger partial charge in [0.25, 0.3) is 0 Å². The first kappa shape index (κ1) is 14.9. The predicted molar refractivity (Wildman–Crippen MR) is 75.9 cm³/mol. The van der Waals surface area contributed by atoms with E-state index in [2.05, 4.69) is 19.6 Å². The van der Waals surface area contributed by atoms with E-state index in [1.807, 2.05) is 6.07 Å². The Morgan fingerprint density at radius 3 is 2.10 bits per heavy atom. The van der Waals surface area contributed by atoms with Crippen molar-refractivity contribution in [3.63, 3.8) is 0 Å². The number of halogens is 3. The molecule has 1 aromatic carbocycles. The molecule has 0 spiro atoms. The van der Waals surface area contributed by atoms with Crippen molar-refractivity contribution in [2.45, 2.75) is 32.2 Å². The van der Waals surface area contributed by atoms with Crippen LogP contribution < -0.4 is 5.38 Å². The summed E-state index contributed by atoms with van der Waals surface area (Å²) in [7, 11) is -1.57. The average Bonchev–Trinajstić information content (AvgIpc) is 2.76. The first-order chi connectivity index (χ1) is 9.18. The number of hydrogen-bond acceptors (Lipinski definition) is 1. The summed E-state index contributed by atoms with van der Waals surface area (Å²) in [6, 6.07) is 7.23. The molecule has 0 radical (unpaired) electrons. The highest BCUT2D eigenvalue weighted by Gasteiger charge is 2.30. The Labute approximate surface area is 117 Å². The van der Waals surface area contributed by atoms with Crippen molar-refractivity contribution >= 4 is 13.5 Å². The highest BCUT2D eigenvalue weighted by molar-refractivity contribution is 6.88. The maximum Gasteiger partial charge on any atom is 0.416 e. The fourth-order valence-corrected chi connectivity index (χ4v) is 3.72. The van der Waals surface area contributed by atoms with E-state index in [1.165, 1.54) is 12.1 Å². The fourth-order valence-electron chi connectivity index (χ4n) is 2.16. The number of alkyl halides is 3. The lowest BCUT2D eigenvalue weighted by molar-refractivity contribution is -0.137. The van der Waals surface area contributed by atoms with Gasteiger partial charge in [0.1, 0.15) is 8.07 Å². The van der Waals surface area contributed by atoms with E-state index < -0.39 is 19.8 Å². The molecule has 0 bridgehead atoms. The number of rotatable bonds is 3. The van der Waals surface area contributed by atoms with Gasteiger partial charge >= 0.3 is 6.18 Å². The molecule has 0 aliphatic heterocycles. The Kier molecular flexibility index (Phi) is 3.82. The quantitative estimate of drug-likeness (QED) is 0.764. The van der Waals surface area contributed by atoms with Crippen LogP contribution in [-0.4, -0.2) is 8.07 Å². The van der Waals surface area contributed by atoms with Crippen molar-refractivity contribution in [1.82, 2.24) is 0 Å². The molecule has 0 unspecified atom stereocenters.